The predicted octanol–water partition coefficient (Wildman–Crippen LogP) is 2.29. The molecule has 0 saturated carbocycles. The number of aromatic nitrogens is 5. The highest BCUT2D eigenvalue weighted by molar-refractivity contribution is 6.04. The number of aromatic amines is 1. The minimum Gasteiger partial charge on any atom is -0.496 e. The quantitative estimate of drug-likeness (QED) is 0.515. The number of ether oxygens (including phenoxy) is 1. The number of H-pyrrole nitrogens is 1. The van der Waals surface area contributed by atoms with Gasteiger partial charge in [0, 0.05) is 25.1 Å². The summed E-state index contributed by atoms with van der Waals surface area (Å²) in [5, 5.41) is 7.44. The highest BCUT2D eigenvalue weighted by Gasteiger charge is 2.24. The number of pyridine rings is 1. The summed E-state index contributed by atoms with van der Waals surface area (Å²) in [6.07, 6.45) is 5.25. The van der Waals surface area contributed by atoms with Crippen LogP contribution in [0.15, 0.2) is 35.6 Å². The van der Waals surface area contributed by atoms with Gasteiger partial charge in [0.1, 0.15) is 11.4 Å². The molecule has 0 fully saturated rings. The van der Waals surface area contributed by atoms with Crippen molar-refractivity contribution >= 4 is 11.4 Å². The SMILES string of the molecule is COc1cc(C)[nH]c(=O)c1CNC(=O)c1c(C)c(-c2nn(C)cc2C)n2cnccc12. The summed E-state index contributed by atoms with van der Waals surface area (Å²) in [5.74, 6) is 0.150. The lowest BCUT2D eigenvalue weighted by atomic mass is 10.1. The normalized spacial score (nSPS) is 11.1. The van der Waals surface area contributed by atoms with Crippen LogP contribution in [-0.4, -0.2) is 37.2 Å². The van der Waals surface area contributed by atoms with Gasteiger partial charge in [0.05, 0.1) is 42.3 Å². The summed E-state index contributed by atoms with van der Waals surface area (Å²) in [6, 6.07) is 3.53. The van der Waals surface area contributed by atoms with Gasteiger partial charge in [-0.3, -0.25) is 18.7 Å². The molecule has 0 spiro atoms. The lowest BCUT2D eigenvalue weighted by Gasteiger charge is -2.10. The van der Waals surface area contributed by atoms with Crippen molar-refractivity contribution in [2.75, 3.05) is 7.11 Å². The molecule has 0 aromatic carbocycles. The van der Waals surface area contributed by atoms with Gasteiger partial charge in [0.2, 0.25) is 0 Å². The Morgan fingerprint density at radius 1 is 1.29 bits per heavy atom. The molecule has 4 rings (SSSR count). The van der Waals surface area contributed by atoms with Crippen LogP contribution in [0.1, 0.15) is 32.7 Å². The zero-order valence-corrected chi connectivity index (χ0v) is 18.1. The number of fused-ring (bicyclic) bond motifs is 1. The van der Waals surface area contributed by atoms with Crippen molar-refractivity contribution < 1.29 is 9.53 Å². The molecule has 9 heteroatoms. The van der Waals surface area contributed by atoms with Crippen LogP contribution in [0.4, 0.5) is 0 Å². The van der Waals surface area contributed by atoms with Crippen LogP contribution >= 0.6 is 0 Å². The van der Waals surface area contributed by atoms with Crippen molar-refractivity contribution in [3.63, 3.8) is 0 Å². The molecule has 4 aromatic rings. The first kappa shape index (κ1) is 20.4. The number of hydrogen-bond acceptors (Lipinski definition) is 5. The predicted molar refractivity (Wildman–Crippen MR) is 116 cm³/mol. The molecule has 31 heavy (non-hydrogen) atoms. The Hall–Kier alpha value is -3.88. The average molecular weight is 420 g/mol. The van der Waals surface area contributed by atoms with Crippen molar-refractivity contribution in [3.8, 4) is 17.1 Å². The van der Waals surface area contributed by atoms with Crippen molar-refractivity contribution in [2.24, 2.45) is 7.05 Å². The van der Waals surface area contributed by atoms with Crippen molar-refractivity contribution in [1.29, 1.82) is 0 Å². The second-order valence-corrected chi connectivity index (χ2v) is 7.53. The molecule has 0 aliphatic carbocycles. The molecule has 0 bridgehead atoms. The second kappa shape index (κ2) is 7.75. The van der Waals surface area contributed by atoms with Gasteiger partial charge >= 0.3 is 0 Å². The van der Waals surface area contributed by atoms with Gasteiger partial charge in [-0.25, -0.2) is 4.98 Å². The Kier molecular flexibility index (Phi) is 5.10. The van der Waals surface area contributed by atoms with Gasteiger partial charge < -0.3 is 15.0 Å². The Morgan fingerprint density at radius 3 is 2.74 bits per heavy atom. The summed E-state index contributed by atoms with van der Waals surface area (Å²) >= 11 is 0. The van der Waals surface area contributed by atoms with E-state index in [-0.39, 0.29) is 18.0 Å². The molecule has 0 unspecified atom stereocenters. The smallest absolute Gasteiger partial charge is 0.256 e. The number of amides is 1. The van der Waals surface area contributed by atoms with E-state index in [9.17, 15) is 9.59 Å². The van der Waals surface area contributed by atoms with E-state index in [1.54, 1.807) is 36.3 Å². The monoisotopic (exact) mass is 420 g/mol. The van der Waals surface area contributed by atoms with Gasteiger partial charge in [-0.15, -0.1) is 0 Å². The van der Waals surface area contributed by atoms with Gasteiger partial charge in [-0.2, -0.15) is 5.10 Å². The molecule has 2 N–H and O–H groups in total. The first-order valence-corrected chi connectivity index (χ1v) is 9.82. The maximum Gasteiger partial charge on any atom is 0.256 e. The maximum atomic E-state index is 13.2. The van der Waals surface area contributed by atoms with Crippen molar-refractivity contribution in [1.82, 2.24) is 29.5 Å². The van der Waals surface area contributed by atoms with E-state index in [2.05, 4.69) is 20.4 Å². The van der Waals surface area contributed by atoms with E-state index in [0.717, 1.165) is 28.0 Å². The molecule has 1 amide bonds. The summed E-state index contributed by atoms with van der Waals surface area (Å²) in [4.78, 5) is 32.6. The number of carbonyl (C=O) groups is 1. The van der Waals surface area contributed by atoms with Crippen LogP contribution < -0.4 is 15.6 Å². The number of nitrogens with zero attached hydrogens (tertiary/aromatic N) is 4. The zero-order valence-electron chi connectivity index (χ0n) is 18.1. The Morgan fingerprint density at radius 2 is 2.06 bits per heavy atom. The summed E-state index contributed by atoms with van der Waals surface area (Å²) < 4.78 is 8.94. The number of aryl methyl sites for hydroxylation is 3. The number of hydrogen-bond donors (Lipinski definition) is 2. The Balaban J connectivity index is 1.76. The van der Waals surface area contributed by atoms with Gasteiger partial charge in [0.25, 0.3) is 11.5 Å². The Bertz CT molecular complexity index is 1360. The fourth-order valence-corrected chi connectivity index (χ4v) is 3.95. The topological polar surface area (TPSA) is 106 Å². The lowest BCUT2D eigenvalue weighted by molar-refractivity contribution is 0.0951. The number of nitrogens with one attached hydrogen (secondary N) is 2. The third kappa shape index (κ3) is 3.48. The van der Waals surface area contributed by atoms with Crippen molar-refractivity contribution in [3.05, 3.63) is 69.2 Å². The maximum absolute atomic E-state index is 13.2. The summed E-state index contributed by atoms with van der Waals surface area (Å²) in [7, 11) is 3.36. The van der Waals surface area contributed by atoms with Crippen LogP contribution in [0.5, 0.6) is 5.75 Å². The minimum atomic E-state index is -0.289. The van der Waals surface area contributed by atoms with Crippen LogP contribution in [0.2, 0.25) is 0 Å². The fraction of sp³-hybridized carbons (Fsp3) is 0.273. The summed E-state index contributed by atoms with van der Waals surface area (Å²) in [5.41, 5.74) is 5.40. The Labute approximate surface area is 178 Å². The molecular formula is C22H24N6O3. The third-order valence-corrected chi connectivity index (χ3v) is 5.33. The van der Waals surface area contributed by atoms with E-state index in [0.29, 0.717) is 22.6 Å². The van der Waals surface area contributed by atoms with Gasteiger partial charge in [-0.1, -0.05) is 0 Å². The molecule has 0 aliphatic heterocycles. The fourth-order valence-electron chi connectivity index (χ4n) is 3.95. The highest BCUT2D eigenvalue weighted by Crippen LogP contribution is 2.32. The summed E-state index contributed by atoms with van der Waals surface area (Å²) in [6.45, 7) is 5.69. The van der Waals surface area contributed by atoms with Gasteiger partial charge in [-0.05, 0) is 44.0 Å². The van der Waals surface area contributed by atoms with E-state index in [1.165, 1.54) is 7.11 Å². The van der Waals surface area contributed by atoms with Crippen LogP contribution in [0, 0.1) is 20.8 Å². The first-order valence-electron chi connectivity index (χ1n) is 9.82. The molecule has 4 aromatic heterocycles. The lowest BCUT2D eigenvalue weighted by Crippen LogP contribution is -2.28. The van der Waals surface area contributed by atoms with E-state index in [4.69, 9.17) is 4.74 Å². The number of methoxy groups -OCH3 is 1. The van der Waals surface area contributed by atoms with Crippen LogP contribution in [0.25, 0.3) is 16.9 Å². The van der Waals surface area contributed by atoms with Crippen LogP contribution in [0.3, 0.4) is 0 Å². The highest BCUT2D eigenvalue weighted by atomic mass is 16.5. The first-order chi connectivity index (χ1) is 14.8. The molecule has 9 nitrogen and oxygen atoms in total. The minimum absolute atomic E-state index is 0.0391. The third-order valence-electron chi connectivity index (χ3n) is 5.33. The average Bonchev–Trinajstić information content (AvgIpc) is 3.20. The second-order valence-electron chi connectivity index (χ2n) is 7.53. The molecule has 0 aliphatic rings. The molecule has 0 atom stereocenters. The molecule has 0 radical (unpaired) electrons. The molecule has 0 saturated heterocycles. The van der Waals surface area contributed by atoms with Crippen molar-refractivity contribution in [2.45, 2.75) is 27.3 Å². The number of rotatable bonds is 5. The number of carbonyl (C=O) groups excluding carboxylic acids is 1. The van der Waals surface area contributed by atoms with Crippen LogP contribution in [-0.2, 0) is 13.6 Å². The largest absolute Gasteiger partial charge is 0.496 e. The standard InChI is InChI=1S/C22H24N6O3/c1-12-10-27(4)26-19(12)20-14(3)18(16-6-7-23-11-28(16)20)22(30)24-9-15-17(31-5)8-13(2)25-21(15)29/h6-8,10-11H,9H2,1-5H3,(H,24,30)(H,25,29). The van der Waals surface area contributed by atoms with E-state index < -0.39 is 0 Å². The zero-order chi connectivity index (χ0) is 22.3. The molecule has 160 valence electrons. The molecule has 4 heterocycles. The van der Waals surface area contributed by atoms with E-state index >= 15 is 0 Å². The van der Waals surface area contributed by atoms with Gasteiger partial charge in [0.15, 0.2) is 0 Å². The molecular weight excluding hydrogens is 396 g/mol. The van der Waals surface area contributed by atoms with E-state index in [1.807, 2.05) is 31.5 Å².